The van der Waals surface area contributed by atoms with Gasteiger partial charge in [0.2, 0.25) is 5.43 Å². The largest absolute Gasteiger partial charge is 0.508 e. The van der Waals surface area contributed by atoms with Gasteiger partial charge in [-0.15, -0.1) is 0 Å². The van der Waals surface area contributed by atoms with E-state index in [1.807, 2.05) is 39.0 Å². The van der Waals surface area contributed by atoms with Gasteiger partial charge >= 0.3 is 0 Å². The van der Waals surface area contributed by atoms with Crippen LogP contribution in [-0.4, -0.2) is 20.9 Å². The van der Waals surface area contributed by atoms with Gasteiger partial charge in [-0.05, 0) is 78.2 Å². The summed E-state index contributed by atoms with van der Waals surface area (Å²) >= 11 is 0. The van der Waals surface area contributed by atoms with Gasteiger partial charge in [-0.25, -0.2) is 0 Å². The lowest BCUT2D eigenvalue weighted by atomic mass is 9.92. The molecule has 0 radical (unpaired) electrons. The Balaban J connectivity index is 1.95. The smallest absolute Gasteiger partial charge is 0.200 e. The van der Waals surface area contributed by atoms with Crippen molar-refractivity contribution >= 4 is 17.0 Å². The van der Waals surface area contributed by atoms with Crippen LogP contribution >= 0.6 is 0 Å². The number of aromatic hydroxyl groups is 3. The molecule has 0 aliphatic carbocycles. The number of allylic oxidation sites excluding steroid dienone is 4. The second-order valence-corrected chi connectivity index (χ2v) is 10.0. The topological polar surface area (TPSA) is 100 Å². The Morgan fingerprint density at radius 1 is 1.00 bits per heavy atom. The highest BCUT2D eigenvalue weighted by molar-refractivity contribution is 5.89. The molecule has 0 spiro atoms. The van der Waals surface area contributed by atoms with Crippen LogP contribution in [0.2, 0.25) is 0 Å². The van der Waals surface area contributed by atoms with E-state index in [9.17, 15) is 20.1 Å². The number of phenolic OH excluding ortho intramolecular Hbond substituents is 3. The first-order chi connectivity index (χ1) is 17.0. The van der Waals surface area contributed by atoms with E-state index in [0.717, 1.165) is 24.5 Å². The van der Waals surface area contributed by atoms with Crippen molar-refractivity contribution in [2.24, 2.45) is 0 Å². The average Bonchev–Trinajstić information content (AvgIpc) is 2.77. The van der Waals surface area contributed by atoms with Crippen LogP contribution in [0, 0.1) is 0 Å². The fourth-order valence-electron chi connectivity index (χ4n) is 4.38. The van der Waals surface area contributed by atoms with Gasteiger partial charge < -0.3 is 24.5 Å². The number of hydrogen-bond acceptors (Lipinski definition) is 6. The molecular weight excluding hydrogens is 456 g/mol. The number of rotatable bonds is 6. The van der Waals surface area contributed by atoms with E-state index >= 15 is 0 Å². The number of ether oxygens (including phenoxy) is 1. The summed E-state index contributed by atoms with van der Waals surface area (Å²) < 4.78 is 12.7. The van der Waals surface area contributed by atoms with E-state index in [1.54, 1.807) is 12.1 Å². The average molecular weight is 489 g/mol. The van der Waals surface area contributed by atoms with Gasteiger partial charge in [0, 0.05) is 17.7 Å². The molecule has 1 atom stereocenters. The molecule has 1 aliphatic heterocycles. The number of phenols is 3. The molecule has 6 nitrogen and oxygen atoms in total. The van der Waals surface area contributed by atoms with Crippen molar-refractivity contribution in [1.82, 2.24) is 0 Å². The Labute approximate surface area is 210 Å². The normalized spacial score (nSPS) is 16.4. The van der Waals surface area contributed by atoms with Crippen LogP contribution in [-0.2, 0) is 6.42 Å². The van der Waals surface area contributed by atoms with E-state index in [-0.39, 0.29) is 45.8 Å². The molecule has 1 aliphatic rings. The molecular formula is C30H32O6. The molecule has 0 bridgehead atoms. The lowest BCUT2D eigenvalue weighted by Crippen LogP contribution is -2.32. The lowest BCUT2D eigenvalue weighted by molar-refractivity contribution is 0.129. The van der Waals surface area contributed by atoms with Gasteiger partial charge in [0.05, 0.1) is 11.1 Å². The summed E-state index contributed by atoms with van der Waals surface area (Å²) in [6.45, 7) is 9.96. The molecule has 0 amide bonds. The maximum absolute atomic E-state index is 13.6. The van der Waals surface area contributed by atoms with Crippen molar-refractivity contribution in [3.05, 3.63) is 75.0 Å². The van der Waals surface area contributed by atoms with E-state index in [2.05, 4.69) is 19.9 Å². The second-order valence-electron chi connectivity index (χ2n) is 10.0. The first-order valence-electron chi connectivity index (χ1n) is 12.0. The Morgan fingerprint density at radius 2 is 1.72 bits per heavy atom. The minimum Gasteiger partial charge on any atom is -0.508 e. The summed E-state index contributed by atoms with van der Waals surface area (Å²) in [5.41, 5.74) is 2.66. The highest BCUT2D eigenvalue weighted by Crippen LogP contribution is 2.46. The van der Waals surface area contributed by atoms with Gasteiger partial charge in [-0.2, -0.15) is 0 Å². The molecule has 188 valence electrons. The first kappa shape index (κ1) is 25.2. The number of benzene rings is 2. The standard InChI is InChI=1S/C30H32O6/c1-17(2)7-6-13-30(5)14-12-20-23(32)11-10-22(29(20)36-30)28-21(9-8-18(3)4)27(34)26-24(33)15-19(31)16-25(26)35-28/h7-8,10-12,14-16,31-33H,6,9,13H2,1-5H3/t30-/m1/s1. The van der Waals surface area contributed by atoms with Crippen LogP contribution in [0.15, 0.2) is 62.9 Å². The highest BCUT2D eigenvalue weighted by Gasteiger charge is 2.32. The van der Waals surface area contributed by atoms with Crippen molar-refractivity contribution in [1.29, 1.82) is 0 Å². The van der Waals surface area contributed by atoms with E-state index < -0.39 is 5.60 Å². The molecule has 0 saturated carbocycles. The third kappa shape index (κ3) is 4.89. The summed E-state index contributed by atoms with van der Waals surface area (Å²) in [6.07, 6.45) is 9.66. The fourth-order valence-corrected chi connectivity index (χ4v) is 4.38. The maximum Gasteiger partial charge on any atom is 0.200 e. The minimum atomic E-state index is -0.630. The lowest BCUT2D eigenvalue weighted by Gasteiger charge is -2.33. The monoisotopic (exact) mass is 488 g/mol. The maximum atomic E-state index is 13.6. The Morgan fingerprint density at radius 3 is 2.42 bits per heavy atom. The minimum absolute atomic E-state index is 0.00808. The summed E-state index contributed by atoms with van der Waals surface area (Å²) in [5, 5.41) is 31.0. The molecule has 36 heavy (non-hydrogen) atoms. The Kier molecular flexibility index (Phi) is 6.72. The molecule has 0 fully saturated rings. The molecule has 1 aromatic heterocycles. The predicted octanol–water partition coefficient (Wildman–Crippen LogP) is 7.00. The van der Waals surface area contributed by atoms with Crippen LogP contribution in [0.5, 0.6) is 23.0 Å². The van der Waals surface area contributed by atoms with Gasteiger partial charge in [0.1, 0.15) is 45.3 Å². The third-order valence-electron chi connectivity index (χ3n) is 6.32. The third-order valence-corrected chi connectivity index (χ3v) is 6.32. The van der Waals surface area contributed by atoms with Gasteiger partial charge in [0.25, 0.3) is 0 Å². The van der Waals surface area contributed by atoms with Crippen LogP contribution in [0.4, 0.5) is 0 Å². The van der Waals surface area contributed by atoms with E-state index in [1.165, 1.54) is 11.6 Å². The second kappa shape index (κ2) is 9.61. The Bertz CT molecular complexity index is 1480. The molecule has 6 heteroatoms. The molecule has 0 saturated heterocycles. The highest BCUT2D eigenvalue weighted by atomic mass is 16.5. The Hall–Kier alpha value is -3.93. The summed E-state index contributed by atoms with van der Waals surface area (Å²) in [6, 6.07) is 5.64. The SMILES string of the molecule is CC(C)=CCC[C@]1(C)C=Cc2c(O)ccc(-c3oc4cc(O)cc(O)c4c(=O)c3CC=C(C)C)c2O1. The van der Waals surface area contributed by atoms with Crippen molar-refractivity contribution in [2.45, 2.75) is 59.5 Å². The van der Waals surface area contributed by atoms with Gasteiger partial charge in [0.15, 0.2) is 0 Å². The van der Waals surface area contributed by atoms with E-state index in [0.29, 0.717) is 22.4 Å². The van der Waals surface area contributed by atoms with Crippen molar-refractivity contribution in [3.8, 4) is 34.3 Å². The molecule has 3 N–H and O–H groups in total. The fraction of sp³-hybridized carbons (Fsp3) is 0.300. The molecule has 2 heterocycles. The summed E-state index contributed by atoms with van der Waals surface area (Å²) in [7, 11) is 0. The molecule has 4 rings (SSSR count). The van der Waals surface area contributed by atoms with E-state index in [4.69, 9.17) is 9.15 Å². The van der Waals surface area contributed by atoms with Crippen LogP contribution in [0.1, 0.15) is 58.6 Å². The van der Waals surface area contributed by atoms with Crippen LogP contribution < -0.4 is 10.2 Å². The van der Waals surface area contributed by atoms with Crippen LogP contribution in [0.3, 0.4) is 0 Å². The molecule has 2 aromatic carbocycles. The van der Waals surface area contributed by atoms with Crippen LogP contribution in [0.25, 0.3) is 28.4 Å². The van der Waals surface area contributed by atoms with Crippen molar-refractivity contribution in [2.75, 3.05) is 0 Å². The van der Waals surface area contributed by atoms with Gasteiger partial charge in [-0.1, -0.05) is 23.3 Å². The summed E-state index contributed by atoms with van der Waals surface area (Å²) in [4.78, 5) is 13.6. The zero-order valence-corrected chi connectivity index (χ0v) is 21.3. The predicted molar refractivity (Wildman–Crippen MR) is 143 cm³/mol. The number of hydrogen-bond donors (Lipinski definition) is 3. The zero-order chi connectivity index (χ0) is 26.2. The summed E-state index contributed by atoms with van der Waals surface area (Å²) in [5.74, 6) is 0.184. The van der Waals surface area contributed by atoms with Crippen molar-refractivity contribution in [3.63, 3.8) is 0 Å². The number of fused-ring (bicyclic) bond motifs is 2. The van der Waals surface area contributed by atoms with Gasteiger partial charge in [-0.3, -0.25) is 4.79 Å². The first-order valence-corrected chi connectivity index (χ1v) is 12.0. The quantitative estimate of drug-likeness (QED) is 0.323. The molecule has 3 aromatic rings. The van der Waals surface area contributed by atoms with Crippen molar-refractivity contribution < 1.29 is 24.5 Å². The molecule has 0 unspecified atom stereocenters. The zero-order valence-electron chi connectivity index (χ0n) is 21.3.